The summed E-state index contributed by atoms with van der Waals surface area (Å²) in [5.74, 6) is 0. The number of halogens is 1. The lowest BCUT2D eigenvalue weighted by Crippen LogP contribution is -2.32. The van der Waals surface area contributed by atoms with E-state index < -0.39 is 0 Å². The lowest BCUT2D eigenvalue weighted by atomic mass is 9.93. The highest BCUT2D eigenvalue weighted by Crippen LogP contribution is 2.24. The topological polar surface area (TPSA) is 53.1 Å². The quantitative estimate of drug-likeness (QED) is 0.916. The Hall–Kier alpha value is -0.580. The fourth-order valence-electron chi connectivity index (χ4n) is 2.54. The molecule has 1 aromatic rings. The number of aromatic nitrogens is 2. The smallest absolute Gasteiger partial charge is 0.0903 e. The van der Waals surface area contributed by atoms with Crippen LogP contribution in [0.2, 0.25) is 5.02 Å². The molecule has 0 radical (unpaired) electrons. The summed E-state index contributed by atoms with van der Waals surface area (Å²) >= 11 is 6.25. The van der Waals surface area contributed by atoms with Crippen molar-refractivity contribution in [2.45, 2.75) is 64.8 Å². The largest absolute Gasteiger partial charge is 0.372 e. The van der Waals surface area contributed by atoms with E-state index in [4.69, 9.17) is 22.1 Å². The standard InChI is InChI=1S/C13H22ClN3O/c1-3-17-12(13(14)9(2)16-17)8-18-11-6-4-5-10(15)7-11/h10-11H,3-8,15H2,1-2H3. The lowest BCUT2D eigenvalue weighted by molar-refractivity contribution is 0.00914. The summed E-state index contributed by atoms with van der Waals surface area (Å²) in [5.41, 5.74) is 7.82. The molecule has 2 N–H and O–H groups in total. The average Bonchev–Trinajstić information content (AvgIpc) is 2.63. The van der Waals surface area contributed by atoms with Crippen LogP contribution in [-0.4, -0.2) is 21.9 Å². The number of hydrogen-bond acceptors (Lipinski definition) is 3. The summed E-state index contributed by atoms with van der Waals surface area (Å²) in [7, 11) is 0. The Bertz CT molecular complexity index is 405. The van der Waals surface area contributed by atoms with Crippen molar-refractivity contribution in [1.29, 1.82) is 0 Å². The molecule has 5 heteroatoms. The maximum Gasteiger partial charge on any atom is 0.0903 e. The number of nitrogens with zero attached hydrogens (tertiary/aromatic N) is 2. The van der Waals surface area contributed by atoms with Gasteiger partial charge in [0.1, 0.15) is 0 Å². The highest BCUT2D eigenvalue weighted by Gasteiger charge is 2.21. The molecule has 0 aliphatic heterocycles. The first-order valence-corrected chi connectivity index (χ1v) is 7.08. The van der Waals surface area contributed by atoms with Gasteiger partial charge in [-0.2, -0.15) is 5.10 Å². The van der Waals surface area contributed by atoms with Crippen molar-refractivity contribution in [2.24, 2.45) is 5.73 Å². The fourth-order valence-corrected chi connectivity index (χ4v) is 2.73. The van der Waals surface area contributed by atoms with E-state index in [0.717, 1.165) is 48.6 Å². The minimum absolute atomic E-state index is 0.269. The van der Waals surface area contributed by atoms with Crippen LogP contribution in [0.5, 0.6) is 0 Å². The first-order chi connectivity index (χ1) is 8.61. The molecule has 1 aliphatic rings. The van der Waals surface area contributed by atoms with Crippen LogP contribution in [0.1, 0.15) is 44.0 Å². The Morgan fingerprint density at radius 2 is 2.28 bits per heavy atom. The third-order valence-corrected chi connectivity index (χ3v) is 4.07. The lowest BCUT2D eigenvalue weighted by Gasteiger charge is -2.26. The maximum atomic E-state index is 6.25. The van der Waals surface area contributed by atoms with Crippen LogP contribution in [-0.2, 0) is 17.9 Å². The number of rotatable bonds is 4. The summed E-state index contributed by atoms with van der Waals surface area (Å²) in [6.07, 6.45) is 4.60. The van der Waals surface area contributed by atoms with Gasteiger partial charge in [-0.1, -0.05) is 11.6 Å². The summed E-state index contributed by atoms with van der Waals surface area (Å²) in [5, 5.41) is 5.12. The van der Waals surface area contributed by atoms with Gasteiger partial charge in [0.2, 0.25) is 0 Å². The van der Waals surface area contributed by atoms with E-state index in [1.54, 1.807) is 0 Å². The van der Waals surface area contributed by atoms with Crippen molar-refractivity contribution in [3.63, 3.8) is 0 Å². The predicted octanol–water partition coefficient (Wildman–Crippen LogP) is 2.65. The zero-order valence-electron chi connectivity index (χ0n) is 11.2. The highest BCUT2D eigenvalue weighted by molar-refractivity contribution is 6.31. The van der Waals surface area contributed by atoms with Crippen molar-refractivity contribution in [2.75, 3.05) is 0 Å². The average molecular weight is 272 g/mol. The van der Waals surface area contributed by atoms with Crippen molar-refractivity contribution >= 4 is 11.6 Å². The van der Waals surface area contributed by atoms with Gasteiger partial charge in [0, 0.05) is 12.6 Å². The van der Waals surface area contributed by atoms with Crippen molar-refractivity contribution in [3.05, 3.63) is 16.4 Å². The number of nitrogens with two attached hydrogens (primary N) is 1. The van der Waals surface area contributed by atoms with Gasteiger partial charge in [0.25, 0.3) is 0 Å². The summed E-state index contributed by atoms with van der Waals surface area (Å²) in [4.78, 5) is 0. The van der Waals surface area contributed by atoms with E-state index >= 15 is 0 Å². The van der Waals surface area contributed by atoms with Crippen LogP contribution < -0.4 is 5.73 Å². The van der Waals surface area contributed by atoms with E-state index in [9.17, 15) is 0 Å². The van der Waals surface area contributed by atoms with Gasteiger partial charge in [-0.05, 0) is 39.5 Å². The molecule has 1 fully saturated rings. The normalized spacial score (nSPS) is 24.4. The maximum absolute atomic E-state index is 6.25. The summed E-state index contributed by atoms with van der Waals surface area (Å²) in [6.45, 7) is 5.33. The van der Waals surface area contributed by atoms with Crippen LogP contribution in [0.25, 0.3) is 0 Å². The minimum Gasteiger partial charge on any atom is -0.372 e. The molecule has 0 aromatic carbocycles. The first-order valence-electron chi connectivity index (χ1n) is 6.70. The second-order valence-electron chi connectivity index (χ2n) is 5.02. The van der Waals surface area contributed by atoms with Gasteiger partial charge >= 0.3 is 0 Å². The molecule has 1 heterocycles. The highest BCUT2D eigenvalue weighted by atomic mass is 35.5. The number of hydrogen-bond donors (Lipinski definition) is 1. The molecule has 18 heavy (non-hydrogen) atoms. The van der Waals surface area contributed by atoms with Crippen LogP contribution >= 0.6 is 11.6 Å². The molecule has 0 spiro atoms. The van der Waals surface area contributed by atoms with E-state index in [-0.39, 0.29) is 12.1 Å². The zero-order chi connectivity index (χ0) is 13.1. The van der Waals surface area contributed by atoms with Crippen LogP contribution in [0, 0.1) is 6.92 Å². The second-order valence-corrected chi connectivity index (χ2v) is 5.40. The van der Waals surface area contributed by atoms with E-state index in [2.05, 4.69) is 12.0 Å². The number of ether oxygens (including phenoxy) is 1. The van der Waals surface area contributed by atoms with Crippen molar-refractivity contribution in [1.82, 2.24) is 9.78 Å². The Kier molecular flexibility index (Phi) is 4.65. The fraction of sp³-hybridized carbons (Fsp3) is 0.769. The Labute approximate surface area is 113 Å². The van der Waals surface area contributed by atoms with Gasteiger partial charge in [0.05, 0.1) is 29.1 Å². The first kappa shape index (κ1) is 13.8. The molecule has 0 saturated heterocycles. The Balaban J connectivity index is 1.97. The van der Waals surface area contributed by atoms with Gasteiger partial charge in [-0.3, -0.25) is 4.68 Å². The third kappa shape index (κ3) is 3.05. The van der Waals surface area contributed by atoms with E-state index in [1.165, 1.54) is 0 Å². The van der Waals surface area contributed by atoms with Gasteiger partial charge < -0.3 is 10.5 Å². The van der Waals surface area contributed by atoms with Crippen molar-refractivity contribution in [3.8, 4) is 0 Å². The van der Waals surface area contributed by atoms with Crippen LogP contribution in [0.15, 0.2) is 0 Å². The monoisotopic (exact) mass is 271 g/mol. The molecule has 102 valence electrons. The van der Waals surface area contributed by atoms with Gasteiger partial charge in [-0.25, -0.2) is 0 Å². The minimum atomic E-state index is 0.269. The molecule has 2 rings (SSSR count). The Morgan fingerprint density at radius 1 is 1.50 bits per heavy atom. The molecule has 1 aromatic heterocycles. The van der Waals surface area contributed by atoms with E-state index in [1.807, 2.05) is 11.6 Å². The summed E-state index contributed by atoms with van der Waals surface area (Å²) < 4.78 is 7.87. The molecule has 1 aliphatic carbocycles. The molecule has 0 amide bonds. The summed E-state index contributed by atoms with van der Waals surface area (Å²) in [6, 6.07) is 0.289. The van der Waals surface area contributed by atoms with Gasteiger partial charge in [-0.15, -0.1) is 0 Å². The SMILES string of the molecule is CCn1nc(C)c(Cl)c1COC1CCCC(N)C1. The molecular weight excluding hydrogens is 250 g/mol. The van der Waals surface area contributed by atoms with E-state index in [0.29, 0.717) is 6.61 Å². The van der Waals surface area contributed by atoms with Crippen LogP contribution in [0.3, 0.4) is 0 Å². The van der Waals surface area contributed by atoms with Crippen molar-refractivity contribution < 1.29 is 4.74 Å². The van der Waals surface area contributed by atoms with Gasteiger partial charge in [0.15, 0.2) is 0 Å². The molecule has 2 unspecified atom stereocenters. The third-order valence-electron chi connectivity index (χ3n) is 3.58. The molecular formula is C13H22ClN3O. The zero-order valence-corrected chi connectivity index (χ0v) is 11.9. The molecule has 0 bridgehead atoms. The Morgan fingerprint density at radius 3 is 2.94 bits per heavy atom. The van der Waals surface area contributed by atoms with Crippen LogP contribution in [0.4, 0.5) is 0 Å². The molecule has 4 nitrogen and oxygen atoms in total. The molecule has 2 atom stereocenters. The number of aryl methyl sites for hydroxylation is 2. The molecule has 1 saturated carbocycles. The second kappa shape index (κ2) is 6.04. The predicted molar refractivity (Wildman–Crippen MR) is 72.7 cm³/mol.